The van der Waals surface area contributed by atoms with Crippen LogP contribution in [0.4, 0.5) is 26.7 Å². The van der Waals surface area contributed by atoms with Gasteiger partial charge in [-0.2, -0.15) is 13.2 Å². The Hall–Kier alpha value is -2.72. The molecule has 3 heterocycles. The van der Waals surface area contributed by atoms with Crippen LogP contribution < -0.4 is 0 Å². The average Bonchev–Trinajstić information content (AvgIpc) is 3.22. The molecule has 0 N–H and O–H groups in total. The van der Waals surface area contributed by atoms with Crippen LogP contribution >= 0.6 is 0 Å². The molecule has 3 aliphatic rings. The first-order valence-electron chi connectivity index (χ1n) is 14.2. The number of carbonyl (C=O) groups is 1. The van der Waals surface area contributed by atoms with Crippen molar-refractivity contribution in [2.75, 3.05) is 33.4 Å². The summed E-state index contributed by atoms with van der Waals surface area (Å²) in [6, 6.07) is 6.38. The molecular formula is C31H38F5N3O2. The molecule has 0 saturated carbocycles. The Labute approximate surface area is 238 Å². The number of benzene rings is 2. The van der Waals surface area contributed by atoms with Crippen molar-refractivity contribution >= 4 is 6.03 Å². The average molecular weight is 580 g/mol. The Morgan fingerprint density at radius 3 is 2.59 bits per heavy atom. The topological polar surface area (TPSA) is 36.0 Å². The molecule has 41 heavy (non-hydrogen) atoms. The van der Waals surface area contributed by atoms with Crippen molar-refractivity contribution in [2.24, 2.45) is 0 Å². The Morgan fingerprint density at radius 1 is 1.15 bits per heavy atom. The maximum atomic E-state index is 14.1. The van der Waals surface area contributed by atoms with Gasteiger partial charge in [-0.05, 0) is 93.0 Å². The summed E-state index contributed by atoms with van der Waals surface area (Å²) in [6.07, 6.45) is -1.26. The van der Waals surface area contributed by atoms with Gasteiger partial charge >= 0.3 is 12.2 Å². The molecule has 3 fully saturated rings. The fourth-order valence-electron chi connectivity index (χ4n) is 7.29. The van der Waals surface area contributed by atoms with Crippen LogP contribution in [-0.2, 0) is 17.6 Å². The number of fused-ring (bicyclic) bond motifs is 2. The smallest absolute Gasteiger partial charge is 0.378 e. The fourth-order valence-corrected chi connectivity index (χ4v) is 7.29. The Balaban J connectivity index is 1.47. The lowest BCUT2D eigenvalue weighted by Gasteiger charge is -2.54. The van der Waals surface area contributed by atoms with Gasteiger partial charge in [-0.1, -0.05) is 12.1 Å². The zero-order valence-corrected chi connectivity index (χ0v) is 24.0. The summed E-state index contributed by atoms with van der Waals surface area (Å²) < 4.78 is 74.1. The van der Waals surface area contributed by atoms with E-state index in [2.05, 4.69) is 11.8 Å². The van der Waals surface area contributed by atoms with Gasteiger partial charge in [-0.15, -0.1) is 0 Å². The van der Waals surface area contributed by atoms with Crippen LogP contribution in [0, 0.1) is 12.7 Å². The summed E-state index contributed by atoms with van der Waals surface area (Å²) >= 11 is 0. The zero-order valence-electron chi connectivity index (χ0n) is 24.0. The van der Waals surface area contributed by atoms with Crippen molar-refractivity contribution in [2.45, 2.75) is 82.5 Å². The maximum Gasteiger partial charge on any atom is 0.416 e. The number of morpholine rings is 1. The molecule has 0 bridgehead atoms. The van der Waals surface area contributed by atoms with Crippen LogP contribution in [0.5, 0.6) is 0 Å². The van der Waals surface area contributed by atoms with Gasteiger partial charge < -0.3 is 14.5 Å². The molecule has 5 nitrogen and oxygen atoms in total. The fraction of sp³-hybridized carbons (Fsp3) is 0.581. The number of hydrogen-bond acceptors (Lipinski definition) is 3. The summed E-state index contributed by atoms with van der Waals surface area (Å²) in [7, 11) is 1.57. The molecule has 2 amide bonds. The highest BCUT2D eigenvalue weighted by molar-refractivity contribution is 5.75. The summed E-state index contributed by atoms with van der Waals surface area (Å²) in [5.74, 6) is -0.352. The number of halogens is 5. The number of amides is 2. The number of urea groups is 1. The molecule has 5 rings (SSSR count). The van der Waals surface area contributed by atoms with E-state index in [0.29, 0.717) is 26.2 Å². The number of rotatable bonds is 4. The normalized spacial score (nSPS) is 27.6. The van der Waals surface area contributed by atoms with E-state index in [9.17, 15) is 26.7 Å². The molecule has 224 valence electrons. The third kappa shape index (κ3) is 5.45. The third-order valence-electron chi connectivity index (χ3n) is 9.69. The quantitative estimate of drug-likeness (QED) is 0.360. The Kier molecular flexibility index (Phi) is 7.87. The molecule has 2 aromatic carbocycles. The van der Waals surface area contributed by atoms with Crippen LogP contribution in [0.1, 0.15) is 79.4 Å². The van der Waals surface area contributed by atoms with E-state index >= 15 is 0 Å². The first kappa shape index (κ1) is 29.8. The lowest BCUT2D eigenvalue weighted by Crippen LogP contribution is -2.62. The molecule has 0 aromatic heterocycles. The lowest BCUT2D eigenvalue weighted by molar-refractivity contribution is -0.137. The molecule has 0 unspecified atom stereocenters. The summed E-state index contributed by atoms with van der Waals surface area (Å²) in [5.41, 5.74) is 0.583. The van der Waals surface area contributed by atoms with Gasteiger partial charge in [0, 0.05) is 31.2 Å². The number of carbonyl (C=O) groups excluding carboxylic acids is 1. The summed E-state index contributed by atoms with van der Waals surface area (Å²) in [5, 5.41) is 0. The molecule has 0 aliphatic carbocycles. The van der Waals surface area contributed by atoms with E-state index in [1.54, 1.807) is 24.9 Å². The maximum absolute atomic E-state index is 14.1. The minimum atomic E-state index is -4.64. The van der Waals surface area contributed by atoms with Crippen molar-refractivity contribution in [1.82, 2.24) is 14.7 Å². The molecular weight excluding hydrogens is 541 g/mol. The van der Waals surface area contributed by atoms with Crippen LogP contribution in [-0.4, -0.2) is 65.2 Å². The van der Waals surface area contributed by atoms with Crippen molar-refractivity contribution in [3.05, 3.63) is 70.0 Å². The Bertz CT molecular complexity index is 1300. The largest absolute Gasteiger partial charge is 0.416 e. The number of piperidine rings is 1. The minimum Gasteiger partial charge on any atom is -0.378 e. The molecule has 4 atom stereocenters. The second-order valence-corrected chi connectivity index (χ2v) is 12.3. The van der Waals surface area contributed by atoms with E-state index in [4.69, 9.17) is 4.74 Å². The molecule has 3 saturated heterocycles. The van der Waals surface area contributed by atoms with Crippen molar-refractivity contribution < 1.29 is 31.5 Å². The SMILES string of the molecule is Cc1cc(F)ccc1[C@H]1C[C@@]2(CCN1C(=O)N(C)[C@H](C)c1cc(CF)cc(C(F)(F)F)c1)CC[C@]1(C)COCCN12. The van der Waals surface area contributed by atoms with E-state index in [1.165, 1.54) is 23.1 Å². The van der Waals surface area contributed by atoms with Crippen molar-refractivity contribution in [1.29, 1.82) is 0 Å². The van der Waals surface area contributed by atoms with Crippen molar-refractivity contribution in [3.63, 3.8) is 0 Å². The molecule has 2 aromatic rings. The number of likely N-dealkylation sites (tertiary alicyclic amines) is 1. The van der Waals surface area contributed by atoms with E-state index in [0.717, 1.165) is 49.1 Å². The predicted molar refractivity (Wildman–Crippen MR) is 146 cm³/mol. The minimum absolute atomic E-state index is 0.0737. The second-order valence-electron chi connectivity index (χ2n) is 12.3. The van der Waals surface area contributed by atoms with Gasteiger partial charge in [0.25, 0.3) is 0 Å². The molecule has 3 aliphatic heterocycles. The van der Waals surface area contributed by atoms with E-state index in [1.807, 2.05) is 6.92 Å². The van der Waals surface area contributed by atoms with E-state index < -0.39 is 24.5 Å². The summed E-state index contributed by atoms with van der Waals surface area (Å²) in [6.45, 7) is 7.24. The van der Waals surface area contributed by atoms with Gasteiger partial charge in [0.1, 0.15) is 12.5 Å². The van der Waals surface area contributed by atoms with Crippen LogP contribution in [0.15, 0.2) is 36.4 Å². The second kappa shape index (κ2) is 10.8. The van der Waals surface area contributed by atoms with Gasteiger partial charge in [0.2, 0.25) is 0 Å². The highest BCUT2D eigenvalue weighted by Gasteiger charge is 2.56. The van der Waals surface area contributed by atoms with Gasteiger partial charge in [-0.3, -0.25) is 4.90 Å². The number of ether oxygens (including phenoxy) is 1. The Morgan fingerprint density at radius 2 is 1.90 bits per heavy atom. The highest BCUT2D eigenvalue weighted by atomic mass is 19.4. The van der Waals surface area contributed by atoms with Crippen LogP contribution in [0.25, 0.3) is 0 Å². The van der Waals surface area contributed by atoms with Crippen LogP contribution in [0.2, 0.25) is 0 Å². The molecule has 10 heteroatoms. The monoisotopic (exact) mass is 579 g/mol. The third-order valence-corrected chi connectivity index (χ3v) is 9.69. The van der Waals surface area contributed by atoms with Crippen LogP contribution in [0.3, 0.4) is 0 Å². The van der Waals surface area contributed by atoms with Gasteiger partial charge in [0.05, 0.1) is 30.9 Å². The first-order chi connectivity index (χ1) is 19.3. The first-order valence-corrected chi connectivity index (χ1v) is 14.2. The predicted octanol–water partition coefficient (Wildman–Crippen LogP) is 7.20. The van der Waals surface area contributed by atoms with Gasteiger partial charge in [-0.25, -0.2) is 13.6 Å². The van der Waals surface area contributed by atoms with Gasteiger partial charge in [0.15, 0.2) is 0 Å². The number of alkyl halides is 4. The standard InChI is InChI=1S/C31H38F5N3O2/c1-20-13-25(33)5-6-26(20)27-17-30(8-7-29(3)19-41-12-11-39(29)30)9-10-38(27)28(40)37(4)21(2)23-14-22(18-32)15-24(16-23)31(34,35)36/h5-6,13-16,21,27H,7-12,17-19H2,1-4H3/t21-,27-,29-,30+/m1/s1. The highest BCUT2D eigenvalue weighted by Crippen LogP contribution is 2.52. The van der Waals surface area contributed by atoms with E-state index in [-0.39, 0.29) is 40.1 Å². The number of hydrogen-bond donors (Lipinski definition) is 0. The number of nitrogens with zero attached hydrogens (tertiary/aromatic N) is 3. The molecule has 1 spiro atoms. The molecule has 0 radical (unpaired) electrons. The zero-order chi connectivity index (χ0) is 29.7. The lowest BCUT2D eigenvalue weighted by atomic mass is 9.78. The number of aryl methyl sites for hydroxylation is 1. The van der Waals surface area contributed by atoms with Crippen molar-refractivity contribution in [3.8, 4) is 0 Å². The summed E-state index contributed by atoms with van der Waals surface area (Å²) in [4.78, 5) is 19.9.